The molecule has 0 spiro atoms. The maximum Gasteiger partial charge on any atom is 0.203 e. The molecule has 0 N–H and O–H groups in total. The molecule has 22 heavy (non-hydrogen) atoms. The van der Waals surface area contributed by atoms with Crippen LogP contribution in [0, 0.1) is 0 Å². The number of rotatable bonds is 8. The van der Waals surface area contributed by atoms with Crippen LogP contribution in [-0.2, 0) is 6.42 Å². The van der Waals surface area contributed by atoms with E-state index in [2.05, 4.69) is 6.58 Å². The van der Waals surface area contributed by atoms with Crippen LogP contribution in [0.25, 0.3) is 0 Å². The molecule has 1 unspecified atom stereocenters. The fourth-order valence-electron chi connectivity index (χ4n) is 2.24. The summed E-state index contributed by atoms with van der Waals surface area (Å²) in [5, 5.41) is 0. The van der Waals surface area contributed by atoms with Crippen molar-refractivity contribution in [2.45, 2.75) is 25.9 Å². The van der Waals surface area contributed by atoms with Crippen LogP contribution in [0.15, 0.2) is 53.4 Å². The summed E-state index contributed by atoms with van der Waals surface area (Å²) in [4.78, 5) is 0. The van der Waals surface area contributed by atoms with Crippen LogP contribution in [0.3, 0.4) is 0 Å². The summed E-state index contributed by atoms with van der Waals surface area (Å²) in [7, 11) is 3.21. The molecule has 0 amide bonds. The van der Waals surface area contributed by atoms with Crippen molar-refractivity contribution in [3.8, 4) is 17.2 Å². The summed E-state index contributed by atoms with van der Waals surface area (Å²) < 4.78 is 21.9. The Balaban J connectivity index is 2.12. The molecular formula is C18H22O4. The number of aryl methyl sites for hydroxylation is 1. The molecule has 1 atom stereocenters. The lowest BCUT2D eigenvalue weighted by Crippen LogP contribution is -2.19. The zero-order valence-electron chi connectivity index (χ0n) is 13.3. The second-order valence-electron chi connectivity index (χ2n) is 5.11. The van der Waals surface area contributed by atoms with Crippen molar-refractivity contribution in [1.82, 2.24) is 0 Å². The van der Waals surface area contributed by atoms with Crippen molar-refractivity contribution in [2.24, 2.45) is 0 Å². The predicted molar refractivity (Wildman–Crippen MR) is 85.8 cm³/mol. The van der Waals surface area contributed by atoms with Crippen LogP contribution < -0.4 is 14.2 Å². The Kier molecular flexibility index (Phi) is 5.53. The van der Waals surface area contributed by atoms with Gasteiger partial charge in [-0.25, -0.2) is 0 Å². The SMILES string of the molecule is C=C(C)C(CCc1ccoc1)Oc1cccc(OC)c1OC. The Labute approximate surface area is 131 Å². The zero-order chi connectivity index (χ0) is 15.9. The van der Waals surface area contributed by atoms with Crippen molar-refractivity contribution < 1.29 is 18.6 Å². The van der Waals surface area contributed by atoms with Gasteiger partial charge >= 0.3 is 0 Å². The van der Waals surface area contributed by atoms with Gasteiger partial charge < -0.3 is 18.6 Å². The number of hydrogen-bond donors (Lipinski definition) is 0. The number of furan rings is 1. The van der Waals surface area contributed by atoms with Crippen molar-refractivity contribution in [1.29, 1.82) is 0 Å². The van der Waals surface area contributed by atoms with Crippen LogP contribution in [0.5, 0.6) is 17.2 Å². The zero-order valence-corrected chi connectivity index (χ0v) is 13.3. The van der Waals surface area contributed by atoms with Crippen LogP contribution in [-0.4, -0.2) is 20.3 Å². The Bertz CT molecular complexity index is 602. The normalized spacial score (nSPS) is 11.8. The van der Waals surface area contributed by atoms with E-state index in [-0.39, 0.29) is 6.10 Å². The number of hydrogen-bond acceptors (Lipinski definition) is 4. The van der Waals surface area contributed by atoms with Gasteiger partial charge in [0.25, 0.3) is 0 Å². The van der Waals surface area contributed by atoms with E-state index in [1.807, 2.05) is 31.2 Å². The van der Waals surface area contributed by atoms with E-state index in [9.17, 15) is 0 Å². The van der Waals surface area contributed by atoms with E-state index in [0.29, 0.717) is 17.2 Å². The lowest BCUT2D eigenvalue weighted by molar-refractivity contribution is 0.214. The molecule has 0 aliphatic heterocycles. The third-order valence-electron chi connectivity index (χ3n) is 3.46. The second-order valence-corrected chi connectivity index (χ2v) is 5.11. The second kappa shape index (κ2) is 7.59. The molecule has 0 fully saturated rings. The number of ether oxygens (including phenoxy) is 3. The summed E-state index contributed by atoms with van der Waals surface area (Å²) >= 11 is 0. The first-order chi connectivity index (χ1) is 10.7. The molecule has 4 nitrogen and oxygen atoms in total. The molecule has 0 aliphatic rings. The highest BCUT2D eigenvalue weighted by Crippen LogP contribution is 2.37. The van der Waals surface area contributed by atoms with Gasteiger partial charge in [-0.3, -0.25) is 0 Å². The Morgan fingerprint density at radius 2 is 1.95 bits per heavy atom. The molecule has 0 aliphatic carbocycles. The van der Waals surface area contributed by atoms with Crippen molar-refractivity contribution in [3.63, 3.8) is 0 Å². The molecule has 118 valence electrons. The van der Waals surface area contributed by atoms with Gasteiger partial charge in [-0.05, 0) is 49.1 Å². The molecule has 1 heterocycles. The lowest BCUT2D eigenvalue weighted by Gasteiger charge is -2.21. The fourth-order valence-corrected chi connectivity index (χ4v) is 2.24. The van der Waals surface area contributed by atoms with Crippen LogP contribution in [0.4, 0.5) is 0 Å². The van der Waals surface area contributed by atoms with E-state index < -0.39 is 0 Å². The first kappa shape index (κ1) is 16.0. The molecule has 0 saturated heterocycles. The van der Waals surface area contributed by atoms with Gasteiger partial charge in [0.2, 0.25) is 5.75 Å². The Hall–Kier alpha value is -2.36. The number of benzene rings is 1. The fraction of sp³-hybridized carbons (Fsp3) is 0.333. The largest absolute Gasteiger partial charge is 0.493 e. The minimum atomic E-state index is -0.101. The molecule has 4 heteroatoms. The summed E-state index contributed by atoms with van der Waals surface area (Å²) in [5.74, 6) is 1.90. The van der Waals surface area contributed by atoms with Crippen LogP contribution in [0.2, 0.25) is 0 Å². The Morgan fingerprint density at radius 3 is 2.55 bits per heavy atom. The van der Waals surface area contributed by atoms with Gasteiger partial charge in [0, 0.05) is 0 Å². The minimum absolute atomic E-state index is 0.101. The average molecular weight is 302 g/mol. The monoisotopic (exact) mass is 302 g/mol. The maximum absolute atomic E-state index is 6.10. The topological polar surface area (TPSA) is 40.8 Å². The minimum Gasteiger partial charge on any atom is -0.493 e. The van der Waals surface area contributed by atoms with Gasteiger partial charge in [0.05, 0.1) is 26.7 Å². The summed E-state index contributed by atoms with van der Waals surface area (Å²) in [6, 6.07) is 7.55. The van der Waals surface area contributed by atoms with Crippen LogP contribution >= 0.6 is 0 Å². The van der Waals surface area contributed by atoms with E-state index >= 15 is 0 Å². The highest BCUT2D eigenvalue weighted by molar-refractivity contribution is 5.51. The standard InChI is InChI=1S/C18H22O4/c1-13(2)15(9-8-14-10-11-21-12-14)22-17-7-5-6-16(19-3)18(17)20-4/h5-7,10-12,15H,1,8-9H2,2-4H3. The highest BCUT2D eigenvalue weighted by Gasteiger charge is 2.17. The van der Waals surface area contributed by atoms with Crippen molar-refractivity contribution in [2.75, 3.05) is 14.2 Å². The molecule has 0 radical (unpaired) electrons. The smallest absolute Gasteiger partial charge is 0.203 e. The van der Waals surface area contributed by atoms with Gasteiger partial charge in [0.15, 0.2) is 11.5 Å². The number of methoxy groups -OCH3 is 2. The maximum atomic E-state index is 6.10. The average Bonchev–Trinajstić information content (AvgIpc) is 3.03. The van der Waals surface area contributed by atoms with E-state index in [4.69, 9.17) is 18.6 Å². The van der Waals surface area contributed by atoms with Gasteiger partial charge in [-0.2, -0.15) is 0 Å². The van der Waals surface area contributed by atoms with Gasteiger partial charge in [-0.1, -0.05) is 12.6 Å². The van der Waals surface area contributed by atoms with E-state index in [0.717, 1.165) is 24.0 Å². The first-order valence-electron chi connectivity index (χ1n) is 7.19. The molecule has 0 saturated carbocycles. The third-order valence-corrected chi connectivity index (χ3v) is 3.46. The quantitative estimate of drug-likeness (QED) is 0.683. The molecule has 1 aromatic carbocycles. The molecule has 2 rings (SSSR count). The van der Waals surface area contributed by atoms with Gasteiger partial charge in [0.1, 0.15) is 6.10 Å². The van der Waals surface area contributed by atoms with Crippen molar-refractivity contribution >= 4 is 0 Å². The summed E-state index contributed by atoms with van der Waals surface area (Å²) in [5.41, 5.74) is 2.11. The third kappa shape index (κ3) is 3.85. The van der Waals surface area contributed by atoms with Crippen molar-refractivity contribution in [3.05, 3.63) is 54.5 Å². The van der Waals surface area contributed by atoms with E-state index in [1.165, 1.54) is 0 Å². The molecule has 2 aromatic rings. The number of para-hydroxylation sites is 1. The highest BCUT2D eigenvalue weighted by atomic mass is 16.5. The summed E-state index contributed by atoms with van der Waals surface area (Å²) in [6.07, 6.45) is 5.00. The van der Waals surface area contributed by atoms with Crippen LogP contribution in [0.1, 0.15) is 18.9 Å². The first-order valence-corrected chi connectivity index (χ1v) is 7.19. The summed E-state index contributed by atoms with van der Waals surface area (Å²) in [6.45, 7) is 5.99. The molecule has 0 bridgehead atoms. The van der Waals surface area contributed by atoms with E-state index in [1.54, 1.807) is 26.7 Å². The molecular weight excluding hydrogens is 280 g/mol. The predicted octanol–water partition coefficient (Wildman–Crippen LogP) is 4.25. The lowest BCUT2D eigenvalue weighted by atomic mass is 10.0. The Morgan fingerprint density at radius 1 is 1.18 bits per heavy atom. The van der Waals surface area contributed by atoms with Gasteiger partial charge in [-0.15, -0.1) is 0 Å². The molecule has 1 aromatic heterocycles.